The Morgan fingerprint density at radius 2 is 2.12 bits per heavy atom. The van der Waals surface area contributed by atoms with Gasteiger partial charge in [0.1, 0.15) is 0 Å². The number of aryl methyl sites for hydroxylation is 1. The fourth-order valence-corrected chi connectivity index (χ4v) is 2.53. The number of aromatic nitrogens is 1. The molecule has 0 amide bonds. The lowest BCUT2D eigenvalue weighted by Crippen LogP contribution is -2.20. The molecule has 1 aliphatic carbocycles. The lowest BCUT2D eigenvalue weighted by Gasteiger charge is -2.13. The molecule has 1 N–H and O–H groups in total. The van der Waals surface area contributed by atoms with E-state index in [-0.39, 0.29) is 5.56 Å². The topological polar surface area (TPSA) is 34.0 Å². The standard InChI is InChI=1S/C14H22N2O/c1-2-9-16-11-13(7-8-14(16)17)15-10-12-5-3-4-6-12/h7-8,11-12,15H,2-6,9-10H2,1H3. The molecule has 0 atom stereocenters. The summed E-state index contributed by atoms with van der Waals surface area (Å²) in [6.45, 7) is 3.94. The molecule has 1 aromatic rings. The van der Waals surface area contributed by atoms with Crippen LogP contribution in [-0.2, 0) is 6.54 Å². The van der Waals surface area contributed by atoms with Gasteiger partial charge in [0, 0.05) is 25.4 Å². The summed E-state index contributed by atoms with van der Waals surface area (Å²) in [5.41, 5.74) is 1.17. The largest absolute Gasteiger partial charge is 0.384 e. The van der Waals surface area contributed by atoms with E-state index >= 15 is 0 Å². The Morgan fingerprint density at radius 3 is 2.82 bits per heavy atom. The molecule has 0 unspecified atom stereocenters. The third-order valence-corrected chi connectivity index (χ3v) is 3.52. The molecule has 1 aromatic heterocycles. The normalized spacial score (nSPS) is 16.3. The number of anilines is 1. The number of nitrogens with one attached hydrogen (secondary N) is 1. The highest BCUT2D eigenvalue weighted by atomic mass is 16.1. The zero-order valence-electron chi connectivity index (χ0n) is 10.6. The van der Waals surface area contributed by atoms with Gasteiger partial charge in [0.15, 0.2) is 0 Å². The van der Waals surface area contributed by atoms with Gasteiger partial charge < -0.3 is 9.88 Å². The average molecular weight is 234 g/mol. The fraction of sp³-hybridized carbons (Fsp3) is 0.643. The maximum Gasteiger partial charge on any atom is 0.250 e. The molecule has 1 heterocycles. The summed E-state index contributed by atoms with van der Waals surface area (Å²) in [6, 6.07) is 3.55. The van der Waals surface area contributed by atoms with Crippen molar-refractivity contribution in [3.05, 3.63) is 28.7 Å². The Hall–Kier alpha value is -1.25. The monoisotopic (exact) mass is 234 g/mol. The fourth-order valence-electron chi connectivity index (χ4n) is 2.53. The summed E-state index contributed by atoms with van der Waals surface area (Å²) >= 11 is 0. The second kappa shape index (κ2) is 5.89. The van der Waals surface area contributed by atoms with E-state index in [0.717, 1.165) is 31.1 Å². The van der Waals surface area contributed by atoms with Crippen molar-refractivity contribution in [2.75, 3.05) is 11.9 Å². The highest BCUT2D eigenvalue weighted by Crippen LogP contribution is 2.24. The van der Waals surface area contributed by atoms with Crippen LogP contribution in [0.4, 0.5) is 5.69 Å². The van der Waals surface area contributed by atoms with E-state index in [0.29, 0.717) is 0 Å². The Morgan fingerprint density at radius 1 is 1.35 bits per heavy atom. The van der Waals surface area contributed by atoms with Crippen LogP contribution >= 0.6 is 0 Å². The molecule has 0 aliphatic heterocycles. The molecule has 1 aliphatic rings. The zero-order valence-corrected chi connectivity index (χ0v) is 10.6. The first-order valence-electron chi connectivity index (χ1n) is 6.74. The maximum absolute atomic E-state index is 11.6. The van der Waals surface area contributed by atoms with Crippen LogP contribution in [0.2, 0.25) is 0 Å². The molecule has 0 aromatic carbocycles. The van der Waals surface area contributed by atoms with E-state index in [1.54, 1.807) is 10.6 Å². The molecule has 94 valence electrons. The van der Waals surface area contributed by atoms with Gasteiger partial charge in [-0.15, -0.1) is 0 Å². The van der Waals surface area contributed by atoms with Crippen LogP contribution in [0.25, 0.3) is 0 Å². The van der Waals surface area contributed by atoms with Crippen LogP contribution in [0.15, 0.2) is 23.1 Å². The van der Waals surface area contributed by atoms with Gasteiger partial charge in [-0.2, -0.15) is 0 Å². The predicted molar refractivity (Wildman–Crippen MR) is 71.4 cm³/mol. The lowest BCUT2D eigenvalue weighted by molar-refractivity contribution is 0.578. The summed E-state index contributed by atoms with van der Waals surface area (Å²) in [7, 11) is 0. The Balaban J connectivity index is 1.95. The van der Waals surface area contributed by atoms with Gasteiger partial charge in [-0.1, -0.05) is 19.8 Å². The molecule has 1 fully saturated rings. The molecule has 0 spiro atoms. The minimum atomic E-state index is 0.0956. The summed E-state index contributed by atoms with van der Waals surface area (Å²) in [6.07, 6.45) is 8.39. The van der Waals surface area contributed by atoms with Gasteiger partial charge in [0.25, 0.3) is 5.56 Å². The molecule has 0 saturated heterocycles. The minimum absolute atomic E-state index is 0.0956. The SMILES string of the molecule is CCCn1cc(NCC2CCCC2)ccc1=O. The van der Waals surface area contributed by atoms with E-state index in [1.807, 2.05) is 12.3 Å². The van der Waals surface area contributed by atoms with Crippen molar-refractivity contribution in [3.8, 4) is 0 Å². The number of hydrogen-bond donors (Lipinski definition) is 1. The smallest absolute Gasteiger partial charge is 0.250 e. The summed E-state index contributed by atoms with van der Waals surface area (Å²) in [4.78, 5) is 11.6. The van der Waals surface area contributed by atoms with Crippen molar-refractivity contribution in [2.24, 2.45) is 5.92 Å². The minimum Gasteiger partial charge on any atom is -0.384 e. The average Bonchev–Trinajstić information content (AvgIpc) is 2.83. The molecule has 3 heteroatoms. The molecule has 0 bridgehead atoms. The van der Waals surface area contributed by atoms with Crippen LogP contribution in [-0.4, -0.2) is 11.1 Å². The highest BCUT2D eigenvalue weighted by molar-refractivity contribution is 5.40. The maximum atomic E-state index is 11.6. The first kappa shape index (κ1) is 12.2. The van der Waals surface area contributed by atoms with E-state index in [9.17, 15) is 4.79 Å². The van der Waals surface area contributed by atoms with Crippen molar-refractivity contribution in [1.29, 1.82) is 0 Å². The second-order valence-corrected chi connectivity index (χ2v) is 4.98. The second-order valence-electron chi connectivity index (χ2n) is 4.98. The van der Waals surface area contributed by atoms with Crippen molar-refractivity contribution in [2.45, 2.75) is 45.6 Å². The van der Waals surface area contributed by atoms with E-state index in [1.165, 1.54) is 25.7 Å². The Kier molecular flexibility index (Phi) is 4.24. The molecule has 1 saturated carbocycles. The quantitative estimate of drug-likeness (QED) is 0.850. The van der Waals surface area contributed by atoms with E-state index < -0.39 is 0 Å². The molecule has 3 nitrogen and oxygen atoms in total. The number of nitrogens with zero attached hydrogens (tertiary/aromatic N) is 1. The van der Waals surface area contributed by atoms with Crippen LogP contribution in [0.3, 0.4) is 0 Å². The number of rotatable bonds is 5. The summed E-state index contributed by atoms with van der Waals surface area (Å²) in [5.74, 6) is 0.821. The van der Waals surface area contributed by atoms with Crippen LogP contribution in [0.1, 0.15) is 39.0 Å². The van der Waals surface area contributed by atoms with Gasteiger partial charge in [-0.3, -0.25) is 4.79 Å². The summed E-state index contributed by atoms with van der Waals surface area (Å²) < 4.78 is 1.79. The zero-order chi connectivity index (χ0) is 12.1. The van der Waals surface area contributed by atoms with Gasteiger partial charge in [-0.05, 0) is 31.2 Å². The lowest BCUT2D eigenvalue weighted by atomic mass is 10.1. The number of hydrogen-bond acceptors (Lipinski definition) is 2. The van der Waals surface area contributed by atoms with E-state index in [2.05, 4.69) is 12.2 Å². The van der Waals surface area contributed by atoms with Crippen LogP contribution in [0, 0.1) is 5.92 Å². The molecule has 17 heavy (non-hydrogen) atoms. The summed E-state index contributed by atoms with van der Waals surface area (Å²) in [5, 5.41) is 3.45. The van der Waals surface area contributed by atoms with Crippen molar-refractivity contribution in [1.82, 2.24) is 4.57 Å². The molecular formula is C14H22N2O. The number of pyridine rings is 1. The third-order valence-electron chi connectivity index (χ3n) is 3.52. The first-order valence-corrected chi connectivity index (χ1v) is 6.74. The van der Waals surface area contributed by atoms with Gasteiger partial charge >= 0.3 is 0 Å². The Bertz CT molecular complexity index is 405. The van der Waals surface area contributed by atoms with Crippen molar-refractivity contribution >= 4 is 5.69 Å². The van der Waals surface area contributed by atoms with Gasteiger partial charge in [-0.25, -0.2) is 0 Å². The third kappa shape index (κ3) is 3.35. The van der Waals surface area contributed by atoms with Crippen LogP contribution in [0.5, 0.6) is 0 Å². The molecule has 2 rings (SSSR count). The van der Waals surface area contributed by atoms with Crippen molar-refractivity contribution in [3.63, 3.8) is 0 Å². The molecular weight excluding hydrogens is 212 g/mol. The van der Waals surface area contributed by atoms with Gasteiger partial charge in [0.2, 0.25) is 0 Å². The van der Waals surface area contributed by atoms with Crippen molar-refractivity contribution < 1.29 is 0 Å². The molecule has 0 radical (unpaired) electrons. The van der Waals surface area contributed by atoms with E-state index in [4.69, 9.17) is 0 Å². The predicted octanol–water partition coefficient (Wildman–Crippen LogP) is 2.86. The van der Waals surface area contributed by atoms with Crippen LogP contribution < -0.4 is 10.9 Å². The Labute approximate surface area is 103 Å². The highest BCUT2D eigenvalue weighted by Gasteiger charge is 2.14. The van der Waals surface area contributed by atoms with Gasteiger partial charge in [0.05, 0.1) is 5.69 Å². The first-order chi connectivity index (χ1) is 8.29.